The second kappa shape index (κ2) is 5.35. The molecule has 1 saturated heterocycles. The van der Waals surface area contributed by atoms with Crippen molar-refractivity contribution in [3.8, 4) is 0 Å². The minimum Gasteiger partial charge on any atom is -0.338 e. The minimum absolute atomic E-state index is 0.0754. The molecule has 1 fully saturated rings. The Morgan fingerprint density at radius 1 is 1.29 bits per heavy atom. The molecular formula is C15H21N5O. The van der Waals surface area contributed by atoms with Crippen LogP contribution in [0.4, 0.5) is 0 Å². The first-order chi connectivity index (χ1) is 10.1. The fourth-order valence-corrected chi connectivity index (χ4v) is 3.15. The molecule has 0 aliphatic carbocycles. The van der Waals surface area contributed by atoms with Gasteiger partial charge in [-0.2, -0.15) is 0 Å². The van der Waals surface area contributed by atoms with Crippen LogP contribution >= 0.6 is 0 Å². The second-order valence-corrected chi connectivity index (χ2v) is 5.78. The van der Waals surface area contributed by atoms with E-state index in [2.05, 4.69) is 9.97 Å². The van der Waals surface area contributed by atoms with Crippen LogP contribution in [0.3, 0.4) is 0 Å². The molecule has 0 aromatic carbocycles. The first-order valence-corrected chi connectivity index (χ1v) is 7.32. The molecule has 6 nitrogen and oxygen atoms in total. The van der Waals surface area contributed by atoms with E-state index in [9.17, 15) is 4.79 Å². The Bertz CT molecular complexity index is 637. The SMILES string of the molecule is Cc1ncn(C)c1C(=O)N1CCCC(c2nccn2C)C1. The number of hydrogen-bond acceptors (Lipinski definition) is 3. The molecule has 0 saturated carbocycles. The number of amides is 1. The summed E-state index contributed by atoms with van der Waals surface area (Å²) in [6.07, 6.45) is 7.57. The van der Waals surface area contributed by atoms with E-state index in [4.69, 9.17) is 0 Å². The lowest BCUT2D eigenvalue weighted by molar-refractivity contribution is 0.0693. The molecule has 3 rings (SSSR count). The molecule has 1 aliphatic rings. The molecule has 1 aliphatic heterocycles. The third-order valence-corrected chi connectivity index (χ3v) is 4.25. The predicted molar refractivity (Wildman–Crippen MR) is 79.0 cm³/mol. The van der Waals surface area contributed by atoms with Crippen LogP contribution in [0.1, 0.15) is 40.8 Å². The van der Waals surface area contributed by atoms with Crippen LogP contribution in [-0.2, 0) is 14.1 Å². The van der Waals surface area contributed by atoms with Crippen LogP contribution in [0.25, 0.3) is 0 Å². The molecule has 21 heavy (non-hydrogen) atoms. The molecule has 0 radical (unpaired) electrons. The van der Waals surface area contributed by atoms with Crippen LogP contribution < -0.4 is 0 Å². The Balaban J connectivity index is 1.80. The number of carbonyl (C=O) groups excluding carboxylic acids is 1. The predicted octanol–water partition coefficient (Wildman–Crippen LogP) is 1.48. The van der Waals surface area contributed by atoms with Gasteiger partial charge in [0.05, 0.1) is 12.0 Å². The van der Waals surface area contributed by atoms with Gasteiger partial charge in [0.25, 0.3) is 5.91 Å². The van der Waals surface area contributed by atoms with E-state index in [1.165, 1.54) is 0 Å². The first kappa shape index (κ1) is 13.9. The monoisotopic (exact) mass is 287 g/mol. The van der Waals surface area contributed by atoms with E-state index in [1.54, 1.807) is 6.33 Å². The number of nitrogens with zero attached hydrogens (tertiary/aromatic N) is 5. The number of rotatable bonds is 2. The molecule has 112 valence electrons. The maximum Gasteiger partial charge on any atom is 0.272 e. The standard InChI is InChI=1S/C15H21N5O/c1-11-13(19(3)10-17-11)15(21)20-7-4-5-12(9-20)14-16-6-8-18(14)2/h6,8,10,12H,4-5,7,9H2,1-3H3. The van der Waals surface area contributed by atoms with Gasteiger partial charge >= 0.3 is 0 Å². The maximum absolute atomic E-state index is 12.7. The number of hydrogen-bond donors (Lipinski definition) is 0. The van der Waals surface area contributed by atoms with Crippen molar-refractivity contribution in [2.75, 3.05) is 13.1 Å². The zero-order valence-electron chi connectivity index (χ0n) is 12.8. The molecule has 2 aromatic rings. The van der Waals surface area contributed by atoms with Gasteiger partial charge < -0.3 is 14.0 Å². The minimum atomic E-state index is 0.0754. The summed E-state index contributed by atoms with van der Waals surface area (Å²) in [6, 6.07) is 0. The second-order valence-electron chi connectivity index (χ2n) is 5.78. The van der Waals surface area contributed by atoms with Gasteiger partial charge in [0, 0.05) is 45.5 Å². The van der Waals surface area contributed by atoms with Crippen molar-refractivity contribution in [3.05, 3.63) is 35.9 Å². The zero-order valence-corrected chi connectivity index (χ0v) is 12.8. The largest absolute Gasteiger partial charge is 0.338 e. The molecule has 1 atom stereocenters. The molecule has 6 heteroatoms. The topological polar surface area (TPSA) is 56.0 Å². The van der Waals surface area contributed by atoms with Crippen molar-refractivity contribution in [1.29, 1.82) is 0 Å². The van der Waals surface area contributed by atoms with Crippen LogP contribution in [0.5, 0.6) is 0 Å². The van der Waals surface area contributed by atoms with E-state index in [1.807, 2.05) is 47.4 Å². The van der Waals surface area contributed by atoms with Gasteiger partial charge in [-0.25, -0.2) is 9.97 Å². The van der Waals surface area contributed by atoms with E-state index in [0.29, 0.717) is 11.6 Å². The first-order valence-electron chi connectivity index (χ1n) is 7.32. The van der Waals surface area contributed by atoms with Crippen LogP contribution in [0.2, 0.25) is 0 Å². The molecule has 1 amide bonds. The third-order valence-electron chi connectivity index (χ3n) is 4.25. The van der Waals surface area contributed by atoms with Gasteiger partial charge in [0.2, 0.25) is 0 Å². The molecule has 3 heterocycles. The highest BCUT2D eigenvalue weighted by Crippen LogP contribution is 2.26. The molecule has 1 unspecified atom stereocenters. The van der Waals surface area contributed by atoms with Crippen molar-refractivity contribution < 1.29 is 4.79 Å². The highest BCUT2D eigenvalue weighted by atomic mass is 16.2. The average molecular weight is 287 g/mol. The molecule has 0 N–H and O–H groups in total. The lowest BCUT2D eigenvalue weighted by atomic mass is 9.97. The van der Waals surface area contributed by atoms with E-state index < -0.39 is 0 Å². The molecule has 0 spiro atoms. The lowest BCUT2D eigenvalue weighted by Gasteiger charge is -2.32. The summed E-state index contributed by atoms with van der Waals surface area (Å²) in [5.41, 5.74) is 1.48. The summed E-state index contributed by atoms with van der Waals surface area (Å²) >= 11 is 0. The van der Waals surface area contributed by atoms with Crippen LogP contribution in [0, 0.1) is 6.92 Å². The molecule has 2 aromatic heterocycles. The number of carbonyl (C=O) groups is 1. The fraction of sp³-hybridized carbons (Fsp3) is 0.533. The van der Waals surface area contributed by atoms with Crippen molar-refractivity contribution in [2.24, 2.45) is 14.1 Å². The quantitative estimate of drug-likeness (QED) is 0.840. The van der Waals surface area contributed by atoms with Crippen LogP contribution in [-0.4, -0.2) is 43.0 Å². The van der Waals surface area contributed by atoms with Gasteiger partial charge in [-0.15, -0.1) is 0 Å². The summed E-state index contributed by atoms with van der Waals surface area (Å²) in [4.78, 5) is 23.3. The molecule has 0 bridgehead atoms. The van der Waals surface area contributed by atoms with Crippen LogP contribution in [0.15, 0.2) is 18.7 Å². The number of aromatic nitrogens is 4. The van der Waals surface area contributed by atoms with Crippen molar-refractivity contribution >= 4 is 5.91 Å². The van der Waals surface area contributed by atoms with Gasteiger partial charge in [-0.1, -0.05) is 0 Å². The highest BCUT2D eigenvalue weighted by Gasteiger charge is 2.29. The highest BCUT2D eigenvalue weighted by molar-refractivity contribution is 5.93. The van der Waals surface area contributed by atoms with E-state index >= 15 is 0 Å². The molecular weight excluding hydrogens is 266 g/mol. The number of imidazole rings is 2. The number of piperidine rings is 1. The van der Waals surface area contributed by atoms with E-state index in [-0.39, 0.29) is 5.91 Å². The van der Waals surface area contributed by atoms with Crippen molar-refractivity contribution in [2.45, 2.75) is 25.7 Å². The van der Waals surface area contributed by atoms with E-state index in [0.717, 1.165) is 37.4 Å². The van der Waals surface area contributed by atoms with Gasteiger partial charge in [0.15, 0.2) is 0 Å². The van der Waals surface area contributed by atoms with Crippen molar-refractivity contribution in [1.82, 2.24) is 24.0 Å². The Hall–Kier alpha value is -2.11. The van der Waals surface area contributed by atoms with Gasteiger partial charge in [-0.05, 0) is 19.8 Å². The van der Waals surface area contributed by atoms with Gasteiger partial charge in [-0.3, -0.25) is 4.79 Å². The Kier molecular flexibility index (Phi) is 3.53. The number of aryl methyl sites for hydroxylation is 3. The summed E-state index contributed by atoms with van der Waals surface area (Å²) < 4.78 is 3.86. The Morgan fingerprint density at radius 3 is 2.71 bits per heavy atom. The smallest absolute Gasteiger partial charge is 0.272 e. The normalized spacial score (nSPS) is 19.0. The maximum atomic E-state index is 12.7. The fourth-order valence-electron chi connectivity index (χ4n) is 3.15. The summed E-state index contributed by atoms with van der Waals surface area (Å²) in [5.74, 6) is 1.46. The Morgan fingerprint density at radius 2 is 2.10 bits per heavy atom. The summed E-state index contributed by atoms with van der Waals surface area (Å²) in [5, 5.41) is 0. The third kappa shape index (κ3) is 2.46. The average Bonchev–Trinajstić information content (AvgIpc) is 3.05. The summed E-state index contributed by atoms with van der Waals surface area (Å²) in [7, 11) is 3.88. The van der Waals surface area contributed by atoms with Crippen molar-refractivity contribution in [3.63, 3.8) is 0 Å². The zero-order chi connectivity index (χ0) is 15.0. The Labute approximate surface area is 124 Å². The summed E-state index contributed by atoms with van der Waals surface area (Å²) in [6.45, 7) is 3.42. The lowest BCUT2D eigenvalue weighted by Crippen LogP contribution is -2.40. The van der Waals surface area contributed by atoms with Gasteiger partial charge in [0.1, 0.15) is 11.5 Å². The number of likely N-dealkylation sites (tertiary alicyclic amines) is 1.